The van der Waals surface area contributed by atoms with Crippen LogP contribution in [0, 0.1) is 0 Å². The molecule has 0 rings (SSSR count). The fraction of sp³-hybridized carbons (Fsp3) is 0. The van der Waals surface area contributed by atoms with Gasteiger partial charge >= 0.3 is 96.6 Å². The van der Waals surface area contributed by atoms with Crippen LogP contribution in [-0.4, -0.2) is 162 Å². The number of hydrogen-bond donors (Lipinski definition) is 12. The first kappa shape index (κ1) is 78.9. The smallest absolute Gasteiger partial charge is 0.907 e. The maximum Gasteiger partial charge on any atom is 2.00 e. The Morgan fingerprint density at radius 1 is 0.370 bits per heavy atom. The van der Waals surface area contributed by atoms with Crippen molar-refractivity contribution in [3.63, 3.8) is 0 Å². The van der Waals surface area contributed by atoms with Crippen molar-refractivity contribution >= 4 is 74.3 Å². The Morgan fingerprint density at radius 2 is 0.370 bits per heavy atom. The maximum absolute atomic E-state index is 8.42. The molecule has 0 aliphatic heterocycles. The van der Waals surface area contributed by atoms with Crippen LogP contribution in [0.1, 0.15) is 0 Å². The van der Waals surface area contributed by atoms with E-state index in [0.717, 1.165) is 0 Å². The van der Waals surface area contributed by atoms with E-state index >= 15 is 0 Å². The van der Waals surface area contributed by atoms with Crippen molar-refractivity contribution < 1.29 is 132 Å². The molecule has 160 valence electrons. The first-order valence-corrected chi connectivity index (χ1v) is 3.81. The normalized spacial score (nSPS) is 5.00. The van der Waals surface area contributed by atoms with Crippen LogP contribution in [0.25, 0.3) is 0 Å². The molecule has 0 radical (unpaired) electrons. The molecule has 0 saturated carbocycles. The zero-order chi connectivity index (χ0) is 17.9. The van der Waals surface area contributed by atoms with Gasteiger partial charge in [0, 0.05) is 0 Å². The summed E-state index contributed by atoms with van der Waals surface area (Å²) in [6.07, 6.45) is 0. The van der Waals surface area contributed by atoms with E-state index in [2.05, 4.69) is 0 Å². The van der Waals surface area contributed by atoms with Crippen LogP contribution in [-0.2, 0) is 0 Å². The average molecular weight is 459 g/mol. The summed E-state index contributed by atoms with van der Waals surface area (Å²) in [6, 6.07) is 0. The average Bonchev–Trinajstić information content (AvgIpc) is 1.94. The van der Waals surface area contributed by atoms with E-state index in [-0.39, 0.29) is 94.7 Å². The molecule has 0 saturated heterocycles. The van der Waals surface area contributed by atoms with Crippen molar-refractivity contribution in [1.29, 1.82) is 0 Å². The zero-order valence-corrected chi connectivity index (χ0v) is 17.9. The largest absolute Gasteiger partial charge is 2.00 e. The van der Waals surface area contributed by atoms with Crippen LogP contribution in [0.4, 0.5) is 0 Å². The van der Waals surface area contributed by atoms with Gasteiger partial charge in [0.1, 0.15) is 0 Å². The minimum Gasteiger partial charge on any atom is -0.907 e. The molecule has 20 nitrogen and oxygen atoms in total. The van der Waals surface area contributed by atoms with E-state index in [1.807, 2.05) is 0 Å². The summed E-state index contributed by atoms with van der Waals surface area (Å²) in [5.41, 5.74) is 0. The summed E-state index contributed by atoms with van der Waals surface area (Å²) in [6.45, 7) is 0. The molecule has 0 aromatic rings. The van der Waals surface area contributed by atoms with Gasteiger partial charge in [-0.25, -0.2) is 0 Å². The van der Waals surface area contributed by atoms with Gasteiger partial charge in [-0.3, -0.25) is 7.32 Å². The molecular weight excluding hydrogens is 437 g/mol. The van der Waals surface area contributed by atoms with E-state index in [4.69, 9.17) is 75.4 Å². The van der Waals surface area contributed by atoms with Crippen molar-refractivity contribution in [2.24, 2.45) is 0 Å². The van der Waals surface area contributed by atoms with Gasteiger partial charge < -0.3 is 103 Å². The summed E-state index contributed by atoms with van der Waals surface area (Å²) in [4.78, 5) is 0. The molecule has 0 heterocycles. The summed E-state index contributed by atoms with van der Waals surface area (Å²) in [5, 5.41) is 111. The molecule has 0 aromatic heterocycles. The molecule has 0 unspecified atom stereocenters. The number of hydrogen-bond acceptors (Lipinski definition) is 15. The third-order valence-electron chi connectivity index (χ3n) is 0. The second-order valence-corrected chi connectivity index (χ2v) is 1.67. The second-order valence-electron chi connectivity index (χ2n) is 1.67. The van der Waals surface area contributed by atoms with Crippen molar-refractivity contribution in [3.8, 4) is 0 Å². The Kier molecular flexibility index (Phi) is 207. The van der Waals surface area contributed by atoms with E-state index in [9.17, 15) is 0 Å². The Hall–Kier alpha value is 1.78. The van der Waals surface area contributed by atoms with Crippen LogP contribution in [0.15, 0.2) is 0 Å². The Bertz CT molecular complexity index is 88.9. The van der Waals surface area contributed by atoms with Crippen LogP contribution in [0.2, 0.25) is 0 Å². The van der Waals surface area contributed by atoms with Crippen LogP contribution < -0.4 is 44.6 Å². The summed E-state index contributed by atoms with van der Waals surface area (Å²) < 4.78 is 0. The molecule has 0 atom stereocenters. The van der Waals surface area contributed by atoms with E-state index < -0.39 is 36.6 Å². The Balaban J connectivity index is -0.00000000978. The molecule has 0 bridgehead atoms. The van der Waals surface area contributed by atoms with Gasteiger partial charge in [-0.1, -0.05) is 0 Å². The first-order valence-electron chi connectivity index (χ1n) is 3.81. The molecule has 0 amide bonds. The van der Waals surface area contributed by atoms with Gasteiger partial charge in [0.15, 0.2) is 0 Å². The second kappa shape index (κ2) is 70.8. The van der Waals surface area contributed by atoms with Gasteiger partial charge in [-0.2, -0.15) is 0 Å². The standard InChI is InChI=1S/4BH3O3.BO3.Ca.Na.5H2O/c5*2-1(3)4;;;;;;;/h4*2-4H;;;;5*1H2/q;;;;-3;+2;+1;;;;;. The van der Waals surface area contributed by atoms with Gasteiger partial charge in [0.2, 0.25) is 0 Å². The van der Waals surface area contributed by atoms with E-state index in [1.165, 1.54) is 0 Å². The fourth-order valence-electron chi connectivity index (χ4n) is 0. The van der Waals surface area contributed by atoms with Crippen molar-refractivity contribution in [2.75, 3.05) is 0 Å². The van der Waals surface area contributed by atoms with Crippen molar-refractivity contribution in [1.82, 2.24) is 0 Å². The predicted octanol–water partition coefficient (Wildman–Crippen LogP) is -19.7. The molecule has 0 fully saturated rings. The number of rotatable bonds is 0. The van der Waals surface area contributed by atoms with Crippen LogP contribution in [0.5, 0.6) is 0 Å². The molecule has 0 aromatic carbocycles. The van der Waals surface area contributed by atoms with E-state index in [1.54, 1.807) is 0 Å². The molecule has 22 N–H and O–H groups in total. The zero-order valence-electron chi connectivity index (χ0n) is 13.7. The van der Waals surface area contributed by atoms with E-state index in [0.29, 0.717) is 0 Å². The predicted molar refractivity (Wildman–Crippen MR) is 79.2 cm³/mol. The fourth-order valence-corrected chi connectivity index (χ4v) is 0. The molecule has 0 aliphatic rings. The van der Waals surface area contributed by atoms with Gasteiger partial charge in [-0.15, -0.1) is 0 Å². The maximum atomic E-state index is 8.42. The summed E-state index contributed by atoms with van der Waals surface area (Å²) >= 11 is 0. The minimum absolute atomic E-state index is 0. The SMILES string of the molecule is O.O.O.O.O.OB(O)O.OB(O)O.OB(O)O.OB(O)O.[Ca+2].[Na+].[O-]B([O-])[O-]. The molecular formula is H22B5CaNaO20. The summed E-state index contributed by atoms with van der Waals surface area (Å²) in [5.74, 6) is 0. The Labute approximate surface area is 205 Å². The molecule has 27 heavy (non-hydrogen) atoms. The van der Waals surface area contributed by atoms with Gasteiger partial charge in [-0.05, 0) is 0 Å². The quantitative estimate of drug-likeness (QED) is 0.149. The third kappa shape index (κ3) is 5800. The first-order chi connectivity index (χ1) is 8.66. The van der Waals surface area contributed by atoms with Crippen molar-refractivity contribution in [3.05, 3.63) is 0 Å². The van der Waals surface area contributed by atoms with Gasteiger partial charge in [0.25, 0.3) is 0 Å². The molecule has 0 aliphatic carbocycles. The summed E-state index contributed by atoms with van der Waals surface area (Å²) in [7, 11) is -11.6. The third-order valence-corrected chi connectivity index (χ3v) is 0. The molecule has 0 spiro atoms. The minimum atomic E-state index is -2.92. The van der Waals surface area contributed by atoms with Crippen LogP contribution in [0.3, 0.4) is 0 Å². The molecule has 27 heteroatoms. The van der Waals surface area contributed by atoms with Gasteiger partial charge in [0.05, 0.1) is 0 Å². The van der Waals surface area contributed by atoms with Crippen LogP contribution >= 0.6 is 0 Å². The topological polar surface area (TPSA) is 469 Å². The Morgan fingerprint density at radius 3 is 0.370 bits per heavy atom. The van der Waals surface area contributed by atoms with Crippen molar-refractivity contribution in [2.45, 2.75) is 0 Å². The monoisotopic (exact) mass is 460 g/mol.